The topological polar surface area (TPSA) is 254 Å². The number of ether oxygens (including phenoxy) is 4. The first-order valence-corrected chi connectivity index (χ1v) is 12.9. The summed E-state index contributed by atoms with van der Waals surface area (Å²) in [5.74, 6) is -2.92. The number of amides is 3. The first kappa shape index (κ1) is 30.4. The third-order valence-corrected chi connectivity index (χ3v) is 7.06. The van der Waals surface area contributed by atoms with Crippen LogP contribution >= 0.6 is 0 Å². The van der Waals surface area contributed by atoms with Gasteiger partial charge < -0.3 is 50.6 Å². The number of aromatic nitrogens is 2. The molecule has 0 aliphatic carbocycles. The average molecular weight is 607 g/mol. The highest BCUT2D eigenvalue weighted by Crippen LogP contribution is 2.34. The van der Waals surface area contributed by atoms with Crippen LogP contribution in [-0.4, -0.2) is 105 Å². The molecule has 0 unspecified atom stereocenters. The van der Waals surface area contributed by atoms with E-state index in [4.69, 9.17) is 24.7 Å². The van der Waals surface area contributed by atoms with Crippen LogP contribution in [0.4, 0.5) is 0 Å². The summed E-state index contributed by atoms with van der Waals surface area (Å²) in [6, 6.07) is 0.0768. The second-order valence-corrected chi connectivity index (χ2v) is 10.0. The third kappa shape index (κ3) is 6.50. The van der Waals surface area contributed by atoms with Crippen LogP contribution in [0.25, 0.3) is 0 Å². The molecule has 226 valence electrons. The van der Waals surface area contributed by atoms with E-state index in [-0.39, 0.29) is 11.9 Å². The van der Waals surface area contributed by atoms with Gasteiger partial charge >= 0.3 is 5.69 Å². The van der Waals surface area contributed by atoms with Crippen molar-refractivity contribution in [3.63, 3.8) is 0 Å². The van der Waals surface area contributed by atoms with Gasteiger partial charge in [-0.1, -0.05) is 0 Å². The number of primary amides is 1. The maximum absolute atomic E-state index is 12.9. The van der Waals surface area contributed by atoms with Gasteiger partial charge in [-0.25, -0.2) is 4.79 Å². The molecule has 0 radical (unpaired) electrons. The number of methoxy groups -OCH3 is 1. The maximum atomic E-state index is 12.9. The zero-order chi connectivity index (χ0) is 30.0. The number of aliphatic hydroxyl groups excluding tert-OH is 3. The van der Waals surface area contributed by atoms with Gasteiger partial charge in [0, 0.05) is 25.4 Å². The van der Waals surface area contributed by atoms with Crippen LogP contribution in [0, 0.1) is 0 Å². The molecule has 2 fully saturated rings. The number of hydrogen-bond donors (Lipinski definition) is 7. The summed E-state index contributed by atoms with van der Waals surface area (Å²) >= 11 is 0. The molecule has 10 atom stereocenters. The smallest absolute Gasteiger partial charge is 0.330 e. The Labute approximate surface area is 232 Å². The van der Waals surface area contributed by atoms with Gasteiger partial charge in [0.1, 0.15) is 36.6 Å². The molecule has 0 spiro atoms. The van der Waals surface area contributed by atoms with Crippen molar-refractivity contribution in [1.82, 2.24) is 20.2 Å². The molecule has 1 aromatic rings. The van der Waals surface area contributed by atoms with E-state index >= 15 is 0 Å². The van der Waals surface area contributed by atoms with E-state index in [0.717, 1.165) is 29.3 Å². The summed E-state index contributed by atoms with van der Waals surface area (Å²) in [6.07, 6.45) is -9.19. The van der Waals surface area contributed by atoms with Crippen molar-refractivity contribution in [3.05, 3.63) is 44.9 Å². The van der Waals surface area contributed by atoms with Gasteiger partial charge in [-0.2, -0.15) is 0 Å². The molecule has 3 amide bonds. The molecule has 0 bridgehead atoms. The van der Waals surface area contributed by atoms with Crippen molar-refractivity contribution in [2.75, 3.05) is 7.11 Å². The number of aliphatic hydroxyl groups is 3. The second-order valence-electron chi connectivity index (χ2n) is 10.0. The first-order valence-electron chi connectivity index (χ1n) is 12.9. The lowest BCUT2D eigenvalue weighted by Gasteiger charge is -2.35. The Morgan fingerprint density at radius 3 is 2.59 bits per heavy atom. The lowest BCUT2D eigenvalue weighted by Crippen LogP contribution is -2.54. The van der Waals surface area contributed by atoms with E-state index in [1.54, 1.807) is 0 Å². The van der Waals surface area contributed by atoms with Crippen LogP contribution in [0.2, 0.25) is 0 Å². The molecule has 3 aliphatic rings. The molecule has 2 saturated heterocycles. The lowest BCUT2D eigenvalue weighted by molar-refractivity contribution is -0.241. The molecule has 17 nitrogen and oxygen atoms in total. The van der Waals surface area contributed by atoms with Gasteiger partial charge in [-0.3, -0.25) is 28.7 Å². The van der Waals surface area contributed by atoms with Gasteiger partial charge in [-0.15, -0.1) is 0 Å². The summed E-state index contributed by atoms with van der Waals surface area (Å²) in [5.41, 5.74) is 3.92. The predicted molar refractivity (Wildman–Crippen MR) is 134 cm³/mol. The minimum Gasteiger partial charge on any atom is -0.456 e. The molecule has 17 heteroatoms. The van der Waals surface area contributed by atoms with Crippen molar-refractivity contribution in [3.8, 4) is 0 Å². The highest BCUT2D eigenvalue weighted by molar-refractivity contribution is 5.95. The number of aromatic amines is 1. The van der Waals surface area contributed by atoms with Crippen molar-refractivity contribution in [2.24, 2.45) is 5.73 Å². The molecule has 3 aliphatic heterocycles. The summed E-state index contributed by atoms with van der Waals surface area (Å²) in [4.78, 5) is 63.5. The van der Waals surface area contributed by atoms with Gasteiger partial charge in [0.15, 0.2) is 18.1 Å². The zero-order valence-corrected chi connectivity index (χ0v) is 22.2. The fraction of sp³-hybridized carbons (Fsp3) is 0.625. The normalized spacial score (nSPS) is 34.5. The Bertz CT molecular complexity index is 1300. The Morgan fingerprint density at radius 1 is 1.20 bits per heavy atom. The summed E-state index contributed by atoms with van der Waals surface area (Å²) in [7, 11) is 1.19. The van der Waals surface area contributed by atoms with E-state index in [1.165, 1.54) is 7.11 Å². The standard InChI is InChI=1S/C24H33N5O12/c1-9-4-3-5-10(20(35)26-9)27-21(36)12-8-11(30)14(32)23(39-12)41-18(19(25)34)17-16(38-2)15(33)22(40-17)29-7-6-13(31)28-24(29)37/h6-11,14-18,22-23,30,32-33H,3-5H2,1-2H3,(H2,25,34)(H,26,35)(H,27,36)(H,28,31,37)/t9-,10+,11+,14+,15-,16+,17+,18-,22-,23-/m1/s1/i1+1,2+1,3+1,4+1,5+1,6+1,7+1,8+1,9+1,10+1,11+1,12+1,13+1,14+1,15+1,16+1,17+1,18+1,19+1,20+1,21+1,22+1,23+1,24+1. The number of hydrogen-bond acceptors (Lipinski definition) is 12. The molecule has 4 heterocycles. The molecular formula is C24H33N5O12. The number of rotatable bonds is 8. The second kappa shape index (κ2) is 12.5. The average Bonchev–Trinajstić information content (AvgIpc) is 3.14. The fourth-order valence-electron chi connectivity index (χ4n) is 4.93. The summed E-state index contributed by atoms with van der Waals surface area (Å²) in [5, 5.41) is 37.0. The van der Waals surface area contributed by atoms with Crippen molar-refractivity contribution < 1.29 is 48.7 Å². The highest BCUT2D eigenvalue weighted by Gasteiger charge is 2.52. The largest absolute Gasteiger partial charge is 0.456 e. The van der Waals surface area contributed by atoms with Crippen LogP contribution in [0.15, 0.2) is 33.7 Å². The fourth-order valence-corrected chi connectivity index (χ4v) is 4.93. The van der Waals surface area contributed by atoms with E-state index < -0.39 is 84.0 Å². The summed E-state index contributed by atoms with van der Waals surface area (Å²) in [6.45, 7) is 1.84. The van der Waals surface area contributed by atoms with E-state index in [0.29, 0.717) is 12.8 Å². The van der Waals surface area contributed by atoms with E-state index in [2.05, 4.69) is 10.6 Å². The van der Waals surface area contributed by atoms with Crippen LogP contribution in [-0.2, 0) is 33.3 Å². The van der Waals surface area contributed by atoms with Gasteiger partial charge in [0.25, 0.3) is 11.5 Å². The highest BCUT2D eigenvalue weighted by atomic mass is 16.9. The number of H-pyrrole nitrogens is 1. The Morgan fingerprint density at radius 2 is 1.93 bits per heavy atom. The molecule has 8 N–H and O–H groups in total. The number of nitrogens with zero attached hydrogens (tertiary/aromatic N) is 1. The number of nitrogens with two attached hydrogens (primary N) is 1. The van der Waals surface area contributed by atoms with Gasteiger partial charge in [-0.05, 0) is 32.3 Å². The Hall–Kier alpha value is -3.61. The quantitative estimate of drug-likeness (QED) is 0.139. The Balaban J connectivity index is 1.51. The zero-order valence-electron chi connectivity index (χ0n) is 22.2. The van der Waals surface area contributed by atoms with E-state index in [1.807, 2.05) is 11.9 Å². The molecule has 1 aromatic heterocycles. The molecule has 0 saturated carbocycles. The van der Waals surface area contributed by atoms with Crippen LogP contribution in [0.5, 0.6) is 0 Å². The van der Waals surface area contributed by atoms with Crippen LogP contribution in [0.1, 0.15) is 32.4 Å². The summed E-state index contributed by atoms with van der Waals surface area (Å²) < 4.78 is 22.9. The van der Waals surface area contributed by atoms with Crippen LogP contribution < -0.4 is 27.6 Å². The third-order valence-electron chi connectivity index (χ3n) is 7.06. The van der Waals surface area contributed by atoms with E-state index in [9.17, 15) is 39.3 Å². The number of carbonyl (C=O) groups excluding carboxylic acids is 3. The lowest BCUT2D eigenvalue weighted by atomic mass is 11.0. The minimum absolute atomic E-state index is 0.0651. The van der Waals surface area contributed by atoms with Gasteiger partial charge in [0.2, 0.25) is 18.1 Å². The molecule has 0 aromatic carbocycles. The SMILES string of the molecule is [13CH3]O[13C@H]1[13C@@H](O)[13C@H](n2[13cH][13cH][13c](=O)[nH][13c]2=O)O[13C@@H]1[13C@@H](O[13C@H]1O[13C]([13C](=O)N[13C@H]2[13CH2][13CH2][13CH2][13C@@H]([13CH3])N[13C]2=O)=[13CH][13C@H](O)[13C@@H]1O)[13C](N)=O. The molecular weight excluding hydrogens is 574 g/mol. The molecule has 41 heavy (non-hydrogen) atoms. The Kier molecular flexibility index (Phi) is 9.25. The predicted octanol–water partition coefficient (Wildman–Crippen LogP) is -4.18. The van der Waals surface area contributed by atoms with Crippen molar-refractivity contribution in [1.29, 1.82) is 0 Å². The maximum Gasteiger partial charge on any atom is 0.330 e. The van der Waals surface area contributed by atoms with Gasteiger partial charge in [0.05, 0.1) is 0 Å². The molecule has 4 rings (SSSR count). The number of carbonyl (C=O) groups is 3. The van der Waals surface area contributed by atoms with Crippen LogP contribution in [0.3, 0.4) is 0 Å². The first-order chi connectivity index (χ1) is 19.4. The minimum atomic E-state index is -1.84. The van der Waals surface area contributed by atoms with Crippen molar-refractivity contribution in [2.45, 2.75) is 87.4 Å². The monoisotopic (exact) mass is 607 g/mol. The van der Waals surface area contributed by atoms with Crippen molar-refractivity contribution >= 4 is 17.7 Å². The number of nitrogens with one attached hydrogen (secondary N) is 3.